The molecule has 0 aliphatic rings. The number of benzene rings is 2. The van der Waals surface area contributed by atoms with Crippen LogP contribution in [-0.2, 0) is 13.0 Å². The Kier molecular flexibility index (Phi) is 8.97. The van der Waals surface area contributed by atoms with Crippen LogP contribution < -0.4 is 5.32 Å². The molecule has 0 aliphatic carbocycles. The van der Waals surface area contributed by atoms with E-state index in [1.807, 2.05) is 46.3 Å². The second kappa shape index (κ2) is 12.6. The maximum atomic E-state index is 12.3. The lowest BCUT2D eigenvalue weighted by atomic mass is 10.1. The number of aromatic hydroxyl groups is 1. The number of nitrogens with zero attached hydrogens (tertiary/aromatic N) is 3. The third-order valence-corrected chi connectivity index (χ3v) is 7.60. The van der Waals surface area contributed by atoms with Crippen LogP contribution in [0.5, 0.6) is 5.88 Å². The van der Waals surface area contributed by atoms with E-state index >= 15 is 0 Å². The van der Waals surface area contributed by atoms with Crippen LogP contribution in [0, 0.1) is 0 Å². The molecule has 2 aromatic heterocycles. The van der Waals surface area contributed by atoms with Gasteiger partial charge in [-0.1, -0.05) is 37.0 Å². The van der Waals surface area contributed by atoms with Crippen LogP contribution in [0.15, 0.2) is 75.1 Å². The summed E-state index contributed by atoms with van der Waals surface area (Å²) >= 11 is 3.04. The lowest BCUT2D eigenvalue weighted by molar-refractivity contribution is 0.0697. The van der Waals surface area contributed by atoms with Crippen molar-refractivity contribution in [2.24, 2.45) is 10.2 Å². The summed E-state index contributed by atoms with van der Waals surface area (Å²) in [6, 6.07) is 15.9. The Bertz CT molecular complexity index is 1400. The summed E-state index contributed by atoms with van der Waals surface area (Å²) in [6.07, 6.45) is 3.80. The van der Waals surface area contributed by atoms with Crippen molar-refractivity contribution in [3.8, 4) is 5.88 Å². The average Bonchev–Trinajstić information content (AvgIpc) is 3.49. The number of carbonyl (C=O) groups is 2. The Hall–Kier alpha value is -3.63. The number of carboxylic acid groups (broad SMARTS) is 1. The van der Waals surface area contributed by atoms with Gasteiger partial charge in [0.1, 0.15) is 0 Å². The number of unbranched alkanes of at least 4 members (excludes halogenated alkanes) is 2. The zero-order chi connectivity index (χ0) is 26.2. The molecule has 2 aromatic carbocycles. The van der Waals surface area contributed by atoms with Crippen LogP contribution in [0.25, 0.3) is 10.9 Å². The molecule has 4 aromatic rings. The molecule has 4 rings (SSSR count). The van der Waals surface area contributed by atoms with Crippen molar-refractivity contribution >= 4 is 56.7 Å². The molecule has 0 saturated carbocycles. The van der Waals surface area contributed by atoms with Gasteiger partial charge >= 0.3 is 12.0 Å². The van der Waals surface area contributed by atoms with E-state index in [0.717, 1.165) is 52.8 Å². The first-order valence-corrected chi connectivity index (χ1v) is 13.9. The van der Waals surface area contributed by atoms with E-state index in [4.69, 9.17) is 5.11 Å². The fourth-order valence-electron chi connectivity index (χ4n) is 3.91. The van der Waals surface area contributed by atoms with E-state index in [9.17, 15) is 14.7 Å². The SMILES string of the molecule is CCCCCn1c(O)c(N=NC(=O)Nc2cccs2)c2cc(SCCc3ccc(C(=O)O)cc3)ccc21. The minimum atomic E-state index is -0.934. The Balaban J connectivity index is 1.53. The Morgan fingerprint density at radius 3 is 2.62 bits per heavy atom. The van der Waals surface area contributed by atoms with Gasteiger partial charge in [0.25, 0.3) is 0 Å². The normalized spacial score (nSPS) is 11.4. The third-order valence-electron chi connectivity index (χ3n) is 5.82. The van der Waals surface area contributed by atoms with Crippen molar-refractivity contribution in [1.82, 2.24) is 4.57 Å². The minimum Gasteiger partial charge on any atom is -0.493 e. The van der Waals surface area contributed by atoms with E-state index < -0.39 is 12.0 Å². The highest BCUT2D eigenvalue weighted by Crippen LogP contribution is 2.41. The Labute approximate surface area is 223 Å². The zero-order valence-corrected chi connectivity index (χ0v) is 22.0. The number of amides is 2. The van der Waals surface area contributed by atoms with Gasteiger partial charge in [0, 0.05) is 22.6 Å². The maximum Gasteiger partial charge on any atom is 0.364 e. The monoisotopic (exact) mass is 536 g/mol. The van der Waals surface area contributed by atoms with Crippen LogP contribution >= 0.6 is 23.1 Å². The number of fused-ring (bicyclic) bond motifs is 1. The first-order valence-electron chi connectivity index (χ1n) is 12.0. The van der Waals surface area contributed by atoms with Crippen molar-refractivity contribution in [1.29, 1.82) is 0 Å². The molecule has 0 aliphatic heterocycles. The standard InChI is InChI=1S/C27H28N4O4S2/c1-2-3-4-14-31-22-12-11-20(36-16-13-18-7-9-19(10-8-18)26(33)34)17-21(22)24(25(31)32)29-30-27(35)28-23-6-5-15-37-23/h5-12,15,17,32H,2-4,13-14,16H2,1H3,(H,28,35)(H,33,34). The number of anilines is 1. The van der Waals surface area contributed by atoms with E-state index in [1.165, 1.54) is 11.3 Å². The van der Waals surface area contributed by atoms with Gasteiger partial charge in [0.05, 0.1) is 16.1 Å². The van der Waals surface area contributed by atoms with E-state index in [2.05, 4.69) is 22.5 Å². The van der Waals surface area contributed by atoms with Crippen LogP contribution in [0.3, 0.4) is 0 Å². The summed E-state index contributed by atoms with van der Waals surface area (Å²) in [4.78, 5) is 24.3. The average molecular weight is 537 g/mol. The van der Waals surface area contributed by atoms with Gasteiger partial charge in [0.15, 0.2) is 5.69 Å². The predicted molar refractivity (Wildman–Crippen MR) is 149 cm³/mol. The molecule has 0 bridgehead atoms. The fraction of sp³-hybridized carbons (Fsp3) is 0.259. The number of aromatic nitrogens is 1. The van der Waals surface area contributed by atoms with Crippen LogP contribution in [0.1, 0.15) is 42.1 Å². The van der Waals surface area contributed by atoms with Crippen molar-refractivity contribution in [3.63, 3.8) is 0 Å². The van der Waals surface area contributed by atoms with Gasteiger partial charge in [-0.2, -0.15) is 0 Å². The topological polar surface area (TPSA) is 116 Å². The lowest BCUT2D eigenvalue weighted by Gasteiger charge is -2.07. The molecule has 0 fully saturated rings. The molecule has 0 radical (unpaired) electrons. The molecule has 192 valence electrons. The molecule has 0 spiro atoms. The molecule has 2 heterocycles. The smallest absolute Gasteiger partial charge is 0.364 e. The number of aromatic carboxylic acids is 1. The van der Waals surface area contributed by atoms with Crippen LogP contribution in [0.4, 0.5) is 15.5 Å². The maximum absolute atomic E-state index is 12.3. The van der Waals surface area contributed by atoms with Crippen molar-refractivity contribution < 1.29 is 19.8 Å². The first-order chi connectivity index (χ1) is 18.0. The number of carbonyl (C=O) groups excluding carboxylic acids is 1. The largest absolute Gasteiger partial charge is 0.493 e. The molecule has 0 atom stereocenters. The summed E-state index contributed by atoms with van der Waals surface area (Å²) in [6.45, 7) is 2.77. The summed E-state index contributed by atoms with van der Waals surface area (Å²) in [5.74, 6) is -0.142. The van der Waals surface area contributed by atoms with E-state index in [0.29, 0.717) is 11.5 Å². The van der Waals surface area contributed by atoms with E-state index in [-0.39, 0.29) is 17.1 Å². The van der Waals surface area contributed by atoms with E-state index in [1.54, 1.807) is 30.0 Å². The molecule has 0 unspecified atom stereocenters. The molecular weight excluding hydrogens is 508 g/mol. The summed E-state index contributed by atoms with van der Waals surface area (Å²) in [7, 11) is 0. The van der Waals surface area contributed by atoms with Gasteiger partial charge in [-0.3, -0.25) is 5.32 Å². The number of hydrogen-bond acceptors (Lipinski definition) is 6. The number of hydrogen-bond donors (Lipinski definition) is 3. The van der Waals surface area contributed by atoms with Crippen LogP contribution in [-0.4, -0.2) is 32.5 Å². The quantitative estimate of drug-likeness (QED) is 0.102. The molecular formula is C27H28N4O4S2. The molecule has 37 heavy (non-hydrogen) atoms. The zero-order valence-electron chi connectivity index (χ0n) is 20.4. The molecule has 0 saturated heterocycles. The molecule has 3 N–H and O–H groups in total. The van der Waals surface area contributed by atoms with Crippen molar-refractivity contribution in [2.45, 2.75) is 44.0 Å². The molecule has 10 heteroatoms. The Morgan fingerprint density at radius 2 is 1.92 bits per heavy atom. The second-order valence-corrected chi connectivity index (χ2v) is 10.5. The highest BCUT2D eigenvalue weighted by Gasteiger charge is 2.18. The minimum absolute atomic E-state index is 0.000512. The summed E-state index contributed by atoms with van der Waals surface area (Å²) < 4.78 is 1.83. The molecule has 2 amide bonds. The first kappa shape index (κ1) is 26.4. The number of thiophene rings is 1. The third kappa shape index (κ3) is 6.78. The van der Waals surface area contributed by atoms with Gasteiger partial charge in [-0.15, -0.1) is 28.2 Å². The number of rotatable bonds is 11. The summed E-state index contributed by atoms with van der Waals surface area (Å²) in [5, 5.41) is 33.9. The number of azo groups is 1. The van der Waals surface area contributed by atoms with Crippen molar-refractivity contribution in [3.05, 3.63) is 71.1 Å². The number of thioether (sulfide) groups is 1. The number of aryl methyl sites for hydroxylation is 2. The van der Waals surface area contributed by atoms with Gasteiger partial charge < -0.3 is 14.8 Å². The van der Waals surface area contributed by atoms with Gasteiger partial charge in [-0.05, 0) is 66.2 Å². The van der Waals surface area contributed by atoms with Gasteiger partial charge in [0.2, 0.25) is 5.88 Å². The number of carboxylic acids is 1. The second-order valence-electron chi connectivity index (χ2n) is 8.42. The fourth-order valence-corrected chi connectivity index (χ4v) is 5.46. The highest BCUT2D eigenvalue weighted by molar-refractivity contribution is 7.99. The summed E-state index contributed by atoms with van der Waals surface area (Å²) in [5.41, 5.74) is 2.45. The van der Waals surface area contributed by atoms with Crippen LogP contribution in [0.2, 0.25) is 0 Å². The number of nitrogens with one attached hydrogen (secondary N) is 1. The van der Waals surface area contributed by atoms with Gasteiger partial charge in [-0.25, -0.2) is 9.59 Å². The lowest BCUT2D eigenvalue weighted by Crippen LogP contribution is -2.03. The highest BCUT2D eigenvalue weighted by atomic mass is 32.2. The molecule has 8 nitrogen and oxygen atoms in total. The predicted octanol–water partition coefficient (Wildman–Crippen LogP) is 7.95. The Morgan fingerprint density at radius 1 is 1.11 bits per heavy atom. The number of urea groups is 1. The van der Waals surface area contributed by atoms with Crippen molar-refractivity contribution in [2.75, 3.05) is 11.1 Å².